The van der Waals surface area contributed by atoms with Crippen molar-refractivity contribution in [2.45, 2.75) is 258 Å². The van der Waals surface area contributed by atoms with Crippen LogP contribution in [-0.4, -0.2) is 37.9 Å². The van der Waals surface area contributed by atoms with Gasteiger partial charge in [-0.25, -0.2) is 0 Å². The Morgan fingerprint density at radius 3 is 1.14 bits per heavy atom. The summed E-state index contributed by atoms with van der Waals surface area (Å²) in [5.74, 6) is -0.443. The molecule has 1 unspecified atom stereocenters. The van der Waals surface area contributed by atoms with Gasteiger partial charge in [0.1, 0.15) is 6.61 Å². The zero-order chi connectivity index (χ0) is 46.3. The summed E-state index contributed by atoms with van der Waals surface area (Å²) in [7, 11) is 0. The molecule has 0 aliphatic rings. The van der Waals surface area contributed by atoms with Crippen molar-refractivity contribution < 1.29 is 23.8 Å². The molecule has 0 rings (SSSR count). The fourth-order valence-electron chi connectivity index (χ4n) is 7.46. The van der Waals surface area contributed by atoms with Crippen LogP contribution in [0.15, 0.2) is 85.1 Å². The van der Waals surface area contributed by atoms with Gasteiger partial charge >= 0.3 is 11.9 Å². The van der Waals surface area contributed by atoms with Crippen LogP contribution in [0.1, 0.15) is 252 Å². The molecular weight excluding hydrogens is 789 g/mol. The van der Waals surface area contributed by atoms with Crippen molar-refractivity contribution in [1.82, 2.24) is 0 Å². The van der Waals surface area contributed by atoms with Crippen LogP contribution in [0.2, 0.25) is 0 Å². The largest absolute Gasteiger partial charge is 0.462 e. The van der Waals surface area contributed by atoms with Gasteiger partial charge in [-0.15, -0.1) is 0 Å². The Hall–Kier alpha value is -2.92. The quantitative estimate of drug-likeness (QED) is 0.0346. The number of ether oxygens (including phenoxy) is 3. The van der Waals surface area contributed by atoms with Crippen LogP contribution < -0.4 is 0 Å². The first kappa shape index (κ1) is 61.1. The fourth-order valence-corrected chi connectivity index (χ4v) is 7.46. The molecule has 0 saturated carbocycles. The third kappa shape index (κ3) is 51.7. The van der Waals surface area contributed by atoms with Crippen LogP contribution in [0.5, 0.6) is 0 Å². The van der Waals surface area contributed by atoms with Crippen molar-refractivity contribution in [2.75, 3.05) is 19.8 Å². The molecule has 1 atom stereocenters. The van der Waals surface area contributed by atoms with Crippen molar-refractivity contribution in [1.29, 1.82) is 0 Å². The van der Waals surface area contributed by atoms with Gasteiger partial charge in [-0.1, -0.05) is 234 Å². The molecule has 0 aromatic rings. The molecule has 64 heavy (non-hydrogen) atoms. The van der Waals surface area contributed by atoms with E-state index in [-0.39, 0.29) is 25.2 Å². The van der Waals surface area contributed by atoms with Gasteiger partial charge in [0, 0.05) is 19.4 Å². The number of carbonyl (C=O) groups is 2. The van der Waals surface area contributed by atoms with E-state index in [0.29, 0.717) is 19.4 Å². The van der Waals surface area contributed by atoms with Crippen LogP contribution in [-0.2, 0) is 23.8 Å². The third-order valence-electron chi connectivity index (χ3n) is 11.4. The topological polar surface area (TPSA) is 61.8 Å². The predicted molar refractivity (Wildman–Crippen MR) is 279 cm³/mol. The minimum atomic E-state index is -0.559. The second-order valence-corrected chi connectivity index (χ2v) is 17.7. The molecule has 368 valence electrons. The number of esters is 2. The van der Waals surface area contributed by atoms with Gasteiger partial charge < -0.3 is 14.2 Å². The van der Waals surface area contributed by atoms with E-state index in [0.717, 1.165) is 109 Å². The first-order valence-electron chi connectivity index (χ1n) is 27.1. The molecule has 0 spiro atoms. The smallest absolute Gasteiger partial charge is 0.306 e. The van der Waals surface area contributed by atoms with Crippen molar-refractivity contribution in [3.8, 4) is 0 Å². The van der Waals surface area contributed by atoms with E-state index >= 15 is 0 Å². The minimum absolute atomic E-state index is 0.0644. The van der Waals surface area contributed by atoms with Crippen molar-refractivity contribution in [2.24, 2.45) is 0 Å². The Balaban J connectivity index is 4.30. The van der Waals surface area contributed by atoms with Crippen LogP contribution in [0.3, 0.4) is 0 Å². The average molecular weight is 891 g/mol. The zero-order valence-corrected chi connectivity index (χ0v) is 42.3. The number of allylic oxidation sites excluding steroid dienone is 14. The summed E-state index contributed by atoms with van der Waals surface area (Å²) in [6.45, 7) is 7.58. The predicted octanol–water partition coefficient (Wildman–Crippen LogP) is 18.5. The fraction of sp³-hybridized carbons (Fsp3) is 0.729. The maximum Gasteiger partial charge on any atom is 0.306 e. The van der Waals surface area contributed by atoms with E-state index in [9.17, 15) is 9.59 Å². The lowest BCUT2D eigenvalue weighted by molar-refractivity contribution is -0.163. The highest BCUT2D eigenvalue weighted by molar-refractivity contribution is 5.70. The summed E-state index contributed by atoms with van der Waals surface area (Å²) >= 11 is 0. The second kappa shape index (κ2) is 54.4. The highest BCUT2D eigenvalue weighted by Gasteiger charge is 2.17. The van der Waals surface area contributed by atoms with Crippen LogP contribution in [0.25, 0.3) is 0 Å². The number of hydrogen-bond acceptors (Lipinski definition) is 5. The number of unbranched alkanes of at least 4 members (excludes halogenated alkanes) is 24. The first-order chi connectivity index (χ1) is 31.6. The summed E-state index contributed by atoms with van der Waals surface area (Å²) < 4.78 is 17.4. The van der Waals surface area contributed by atoms with Gasteiger partial charge in [0.15, 0.2) is 6.10 Å². The molecule has 5 nitrogen and oxygen atoms in total. The Kier molecular flexibility index (Phi) is 51.9. The lowest BCUT2D eigenvalue weighted by atomic mass is 10.0. The van der Waals surface area contributed by atoms with Gasteiger partial charge in [-0.05, 0) is 89.9 Å². The molecule has 0 amide bonds. The lowest BCUT2D eigenvalue weighted by Crippen LogP contribution is -2.30. The molecule has 0 aliphatic heterocycles. The van der Waals surface area contributed by atoms with Crippen molar-refractivity contribution in [3.63, 3.8) is 0 Å². The maximum absolute atomic E-state index is 12.8. The van der Waals surface area contributed by atoms with E-state index in [1.165, 1.54) is 109 Å². The SMILES string of the molecule is CC/C=C\C/C=C\C/C=C\C/C=C\CCCCCCCCC(=O)OCC(COCCCCCCCCCCCCCCCCCC)OC(=O)CCCCC/C=C\C/C=C\C/C=C\CC. The van der Waals surface area contributed by atoms with E-state index in [1.54, 1.807) is 0 Å². The Morgan fingerprint density at radius 1 is 0.359 bits per heavy atom. The van der Waals surface area contributed by atoms with E-state index in [4.69, 9.17) is 14.2 Å². The van der Waals surface area contributed by atoms with Gasteiger partial charge in [0.25, 0.3) is 0 Å². The van der Waals surface area contributed by atoms with Crippen LogP contribution in [0.4, 0.5) is 0 Å². The minimum Gasteiger partial charge on any atom is -0.462 e. The van der Waals surface area contributed by atoms with Gasteiger partial charge in [-0.2, -0.15) is 0 Å². The second-order valence-electron chi connectivity index (χ2n) is 17.7. The van der Waals surface area contributed by atoms with Gasteiger partial charge in [-0.3, -0.25) is 9.59 Å². The molecule has 0 aliphatic carbocycles. The molecule has 0 aromatic heterocycles. The third-order valence-corrected chi connectivity index (χ3v) is 11.4. The maximum atomic E-state index is 12.8. The lowest BCUT2D eigenvalue weighted by Gasteiger charge is -2.18. The van der Waals surface area contributed by atoms with Crippen LogP contribution >= 0.6 is 0 Å². The van der Waals surface area contributed by atoms with E-state index in [1.807, 2.05) is 0 Å². The van der Waals surface area contributed by atoms with Gasteiger partial charge in [0.2, 0.25) is 0 Å². The molecule has 0 bridgehead atoms. The molecular formula is C59H102O5. The Bertz CT molecular complexity index is 1190. The first-order valence-corrected chi connectivity index (χ1v) is 27.1. The van der Waals surface area contributed by atoms with Crippen molar-refractivity contribution >= 4 is 11.9 Å². The molecule has 0 heterocycles. The monoisotopic (exact) mass is 891 g/mol. The summed E-state index contributed by atoms with van der Waals surface area (Å²) in [6, 6.07) is 0. The standard InChI is InChI=1S/C59H102O5/c1-4-7-10-13-16-19-22-25-27-29-30-31-32-35-37-40-43-46-49-52-58(60)63-56-57(64-59(61)53-50-47-44-41-38-34-24-21-18-15-12-9-6-3)55-62-54-51-48-45-42-39-36-33-28-26-23-20-17-14-11-8-5-2/h7,9-10,12,16,18-19,21,25,27,30-31,34,38,57H,4-6,8,11,13-15,17,20,22-24,26,28-29,32-33,35-37,39-56H2,1-3H3/b10-7-,12-9-,19-16-,21-18-,27-25-,31-30-,38-34-. The molecule has 0 aromatic carbocycles. The van der Waals surface area contributed by atoms with E-state index in [2.05, 4.69) is 106 Å². The zero-order valence-electron chi connectivity index (χ0n) is 42.3. The van der Waals surface area contributed by atoms with E-state index < -0.39 is 6.10 Å². The molecule has 5 heteroatoms. The summed E-state index contributed by atoms with van der Waals surface area (Å²) in [6.07, 6.45) is 71.7. The molecule has 0 fully saturated rings. The number of hydrogen-bond donors (Lipinski definition) is 0. The molecule has 0 N–H and O–H groups in total. The summed E-state index contributed by atoms with van der Waals surface area (Å²) in [5, 5.41) is 0. The van der Waals surface area contributed by atoms with Crippen LogP contribution in [0, 0.1) is 0 Å². The number of rotatable bonds is 49. The Labute approximate surface area is 397 Å². The van der Waals surface area contributed by atoms with Gasteiger partial charge in [0.05, 0.1) is 6.61 Å². The average Bonchev–Trinajstić information content (AvgIpc) is 3.30. The normalized spacial score (nSPS) is 12.9. The highest BCUT2D eigenvalue weighted by Crippen LogP contribution is 2.15. The van der Waals surface area contributed by atoms with Crippen molar-refractivity contribution in [3.05, 3.63) is 85.1 Å². The number of carbonyl (C=O) groups excluding carboxylic acids is 2. The summed E-state index contributed by atoms with van der Waals surface area (Å²) in [4.78, 5) is 25.4. The molecule has 0 saturated heterocycles. The highest BCUT2D eigenvalue weighted by atomic mass is 16.6. The summed E-state index contributed by atoms with van der Waals surface area (Å²) in [5.41, 5.74) is 0. The Morgan fingerprint density at radius 2 is 0.703 bits per heavy atom. The molecule has 0 radical (unpaired) electrons.